The first-order valence-electron chi connectivity index (χ1n) is 9.34. The van der Waals surface area contributed by atoms with E-state index in [1.165, 1.54) is 12.4 Å². The zero-order valence-corrected chi connectivity index (χ0v) is 17.6. The first-order chi connectivity index (χ1) is 13.9. The molecule has 1 unspecified atom stereocenters. The molecule has 1 aromatic carbocycles. The Morgan fingerprint density at radius 3 is 2.63 bits per heavy atom. The van der Waals surface area contributed by atoms with Gasteiger partial charge in [-0.3, -0.25) is 0 Å². The summed E-state index contributed by atoms with van der Waals surface area (Å²) in [4.78, 5) is 21.0. The van der Waals surface area contributed by atoms with E-state index in [0.717, 1.165) is 4.90 Å². The second kappa shape index (κ2) is 8.22. The Bertz CT molecular complexity index is 937. The number of anilines is 1. The molecule has 10 heteroatoms. The molecule has 1 atom stereocenters. The number of piperidine rings is 1. The summed E-state index contributed by atoms with van der Waals surface area (Å²) in [6.07, 6.45) is -0.933. The molecule has 30 heavy (non-hydrogen) atoms. The molecule has 1 aliphatic heterocycles. The number of aromatic nitrogens is 2. The maximum Gasteiger partial charge on any atom is 0.410 e. The maximum absolute atomic E-state index is 14.7. The number of carbonyl (C=O) groups is 1. The minimum absolute atomic E-state index is 0.0606. The van der Waals surface area contributed by atoms with Gasteiger partial charge in [-0.25, -0.2) is 23.5 Å². The molecule has 1 aromatic heterocycles. The minimum atomic E-state index is -3.26. The van der Waals surface area contributed by atoms with Crippen LogP contribution >= 0.6 is 11.6 Å². The summed E-state index contributed by atoms with van der Waals surface area (Å²) in [5, 5.41) is 0.273. The van der Waals surface area contributed by atoms with Crippen molar-refractivity contribution in [2.45, 2.75) is 44.8 Å². The van der Waals surface area contributed by atoms with Crippen molar-refractivity contribution >= 4 is 23.4 Å². The molecule has 2 N–H and O–H groups in total. The lowest BCUT2D eigenvalue weighted by atomic mass is 10.0. The molecule has 0 saturated carbocycles. The summed E-state index contributed by atoms with van der Waals surface area (Å²) in [5.74, 6) is -3.13. The molecule has 0 bridgehead atoms. The van der Waals surface area contributed by atoms with Gasteiger partial charge >= 0.3 is 12.0 Å². The van der Waals surface area contributed by atoms with Gasteiger partial charge in [-0.05, 0) is 39.0 Å². The van der Waals surface area contributed by atoms with E-state index < -0.39 is 30.3 Å². The van der Waals surface area contributed by atoms with Gasteiger partial charge in [0.1, 0.15) is 22.8 Å². The van der Waals surface area contributed by atoms with Gasteiger partial charge in [-0.2, -0.15) is 0 Å². The number of nitrogens with zero attached hydrogens (tertiary/aromatic N) is 3. The van der Waals surface area contributed by atoms with Crippen LogP contribution in [0, 0.1) is 0 Å². The fourth-order valence-electron chi connectivity index (χ4n) is 3.01. The van der Waals surface area contributed by atoms with E-state index in [-0.39, 0.29) is 29.6 Å². The van der Waals surface area contributed by atoms with E-state index in [1.54, 1.807) is 39.0 Å². The summed E-state index contributed by atoms with van der Waals surface area (Å²) < 4.78 is 40.1. The third kappa shape index (κ3) is 5.27. The largest absolute Gasteiger partial charge is 0.482 e. The molecule has 0 radical (unpaired) electrons. The Hall–Kier alpha value is -2.68. The van der Waals surface area contributed by atoms with Crippen molar-refractivity contribution < 1.29 is 23.0 Å². The summed E-state index contributed by atoms with van der Waals surface area (Å²) in [6.45, 7) is 4.35. The van der Waals surface area contributed by atoms with Crippen LogP contribution in [0.2, 0.25) is 5.15 Å². The molecule has 1 amide bonds. The van der Waals surface area contributed by atoms with Crippen LogP contribution in [0.1, 0.15) is 27.2 Å². The topological polar surface area (TPSA) is 90.6 Å². The van der Waals surface area contributed by atoms with Gasteiger partial charge in [0.2, 0.25) is 0 Å². The monoisotopic (exact) mass is 440 g/mol. The van der Waals surface area contributed by atoms with Crippen LogP contribution in [0.4, 0.5) is 19.3 Å². The number of benzene rings is 1. The summed E-state index contributed by atoms with van der Waals surface area (Å²) in [5.41, 5.74) is 6.64. The Balaban J connectivity index is 1.70. The van der Waals surface area contributed by atoms with E-state index >= 15 is 0 Å². The predicted molar refractivity (Wildman–Crippen MR) is 109 cm³/mol. The summed E-state index contributed by atoms with van der Waals surface area (Å²) in [6, 6.07) is 6.30. The zero-order chi connectivity index (χ0) is 22.1. The molecule has 1 fully saturated rings. The van der Waals surface area contributed by atoms with Gasteiger partial charge in [0.05, 0.1) is 17.9 Å². The van der Waals surface area contributed by atoms with Gasteiger partial charge in [-0.1, -0.05) is 11.6 Å². The highest BCUT2D eigenvalue weighted by Crippen LogP contribution is 2.35. The molecule has 2 aromatic rings. The van der Waals surface area contributed by atoms with Gasteiger partial charge < -0.3 is 20.1 Å². The molecule has 162 valence electrons. The molecule has 0 aliphatic carbocycles. The highest BCUT2D eigenvalue weighted by molar-refractivity contribution is 6.29. The molecule has 3 rings (SSSR count). The molecule has 0 spiro atoms. The zero-order valence-electron chi connectivity index (χ0n) is 16.9. The highest BCUT2D eigenvalue weighted by Gasteiger charge is 2.48. The molecule has 1 saturated heterocycles. The molecule has 7 nitrogen and oxygen atoms in total. The van der Waals surface area contributed by atoms with E-state index in [4.69, 9.17) is 26.8 Å². The number of ether oxygens (including phenoxy) is 2. The van der Waals surface area contributed by atoms with Crippen molar-refractivity contribution in [3.8, 4) is 17.0 Å². The number of likely N-dealkylation sites (tertiary alicyclic amines) is 1. The van der Waals surface area contributed by atoms with E-state index in [2.05, 4.69) is 9.97 Å². The third-order valence-electron chi connectivity index (χ3n) is 4.39. The number of hydrogen-bond donors (Lipinski definition) is 1. The van der Waals surface area contributed by atoms with Gasteiger partial charge in [-0.15, -0.1) is 0 Å². The predicted octanol–water partition coefficient (Wildman–Crippen LogP) is 4.40. The Labute approximate surface area is 178 Å². The Kier molecular flexibility index (Phi) is 6.03. The van der Waals surface area contributed by atoms with Crippen LogP contribution in [0.5, 0.6) is 5.75 Å². The number of halogens is 3. The van der Waals surface area contributed by atoms with Crippen molar-refractivity contribution in [3.63, 3.8) is 0 Å². The molecule has 2 heterocycles. The van der Waals surface area contributed by atoms with Crippen molar-refractivity contribution in [2.75, 3.05) is 18.8 Å². The first kappa shape index (κ1) is 22.0. The standard InChI is InChI=1S/C20H23ClF2N4O3/c1-19(2,3)30-18(28)27-7-6-16(20(22,23)10-27)29-15-5-4-12(8-13(15)24)14-9-17(21)26-11-25-14/h4-5,8-9,11,16H,6-7,10,24H2,1-3H3. The SMILES string of the molecule is CC(C)(C)OC(=O)N1CCC(Oc2ccc(-c3cc(Cl)ncn3)cc2N)C(F)(F)C1. The molecular weight excluding hydrogens is 418 g/mol. The summed E-state index contributed by atoms with van der Waals surface area (Å²) in [7, 11) is 0. The molecule has 1 aliphatic rings. The third-order valence-corrected chi connectivity index (χ3v) is 4.60. The average molecular weight is 441 g/mol. The lowest BCUT2D eigenvalue weighted by Crippen LogP contribution is -2.56. The van der Waals surface area contributed by atoms with Crippen LogP contribution in [-0.2, 0) is 4.74 Å². The van der Waals surface area contributed by atoms with Gasteiger partial charge in [0, 0.05) is 24.6 Å². The van der Waals surface area contributed by atoms with Crippen LogP contribution in [0.3, 0.4) is 0 Å². The Morgan fingerprint density at radius 1 is 1.30 bits per heavy atom. The van der Waals surface area contributed by atoms with Crippen molar-refractivity contribution in [1.82, 2.24) is 14.9 Å². The number of amides is 1. The smallest absolute Gasteiger partial charge is 0.410 e. The van der Waals surface area contributed by atoms with Crippen molar-refractivity contribution in [1.29, 1.82) is 0 Å². The average Bonchev–Trinajstić information content (AvgIpc) is 2.63. The lowest BCUT2D eigenvalue weighted by Gasteiger charge is -2.38. The second-order valence-corrected chi connectivity index (χ2v) is 8.42. The minimum Gasteiger partial charge on any atom is -0.482 e. The number of nitrogen functional groups attached to an aromatic ring is 1. The first-order valence-corrected chi connectivity index (χ1v) is 9.72. The second-order valence-electron chi connectivity index (χ2n) is 8.04. The highest BCUT2D eigenvalue weighted by atomic mass is 35.5. The number of rotatable bonds is 3. The lowest BCUT2D eigenvalue weighted by molar-refractivity contribution is -0.137. The number of carbonyl (C=O) groups excluding carboxylic acids is 1. The van der Waals surface area contributed by atoms with Gasteiger partial charge in [0.15, 0.2) is 6.10 Å². The normalized spacial score (nSPS) is 18.7. The number of alkyl halides is 2. The van der Waals surface area contributed by atoms with Crippen LogP contribution in [0.25, 0.3) is 11.3 Å². The van der Waals surface area contributed by atoms with Crippen molar-refractivity contribution in [2.24, 2.45) is 0 Å². The fourth-order valence-corrected chi connectivity index (χ4v) is 3.15. The molecular formula is C20H23ClF2N4O3. The van der Waals surface area contributed by atoms with E-state index in [0.29, 0.717) is 11.3 Å². The van der Waals surface area contributed by atoms with E-state index in [9.17, 15) is 13.6 Å². The Morgan fingerprint density at radius 2 is 2.03 bits per heavy atom. The van der Waals surface area contributed by atoms with Crippen LogP contribution in [0.15, 0.2) is 30.6 Å². The number of nitrogens with two attached hydrogens (primary N) is 1. The van der Waals surface area contributed by atoms with Crippen LogP contribution in [-0.4, -0.2) is 51.7 Å². The van der Waals surface area contributed by atoms with Crippen LogP contribution < -0.4 is 10.5 Å². The maximum atomic E-state index is 14.7. The fraction of sp³-hybridized carbons (Fsp3) is 0.450. The van der Waals surface area contributed by atoms with E-state index in [1.807, 2.05) is 0 Å². The van der Waals surface area contributed by atoms with Gasteiger partial charge in [0.25, 0.3) is 0 Å². The summed E-state index contributed by atoms with van der Waals surface area (Å²) >= 11 is 5.87. The number of hydrogen-bond acceptors (Lipinski definition) is 6. The van der Waals surface area contributed by atoms with Crippen molar-refractivity contribution in [3.05, 3.63) is 35.7 Å². The quantitative estimate of drug-likeness (QED) is 0.561.